The van der Waals surface area contributed by atoms with Crippen LogP contribution in [-0.2, 0) is 0 Å². The van der Waals surface area contributed by atoms with E-state index in [9.17, 15) is 5.11 Å². The van der Waals surface area contributed by atoms with Crippen LogP contribution in [0.2, 0.25) is 0 Å². The minimum Gasteiger partial charge on any atom is -0.497 e. The van der Waals surface area contributed by atoms with Gasteiger partial charge in [-0.25, -0.2) is 0 Å². The molecular formula is C13H21NO2S. The molecule has 0 saturated heterocycles. The normalized spacial score (nSPS) is 12.2. The highest BCUT2D eigenvalue weighted by Gasteiger charge is 2.07. The molecule has 96 valence electrons. The van der Waals surface area contributed by atoms with Crippen molar-refractivity contribution in [3.8, 4) is 5.75 Å². The average molecular weight is 255 g/mol. The molecule has 1 aromatic rings. The number of nitrogens with one attached hydrogen (secondary N) is 1. The molecule has 17 heavy (non-hydrogen) atoms. The Hall–Kier alpha value is -0.870. The number of methoxy groups -OCH3 is 1. The summed E-state index contributed by atoms with van der Waals surface area (Å²) in [6.07, 6.45) is 4.20. The molecule has 0 amide bonds. The number of rotatable bonds is 8. The van der Waals surface area contributed by atoms with Gasteiger partial charge < -0.3 is 15.2 Å². The van der Waals surface area contributed by atoms with Gasteiger partial charge >= 0.3 is 0 Å². The highest BCUT2D eigenvalue weighted by atomic mass is 32.2. The zero-order valence-corrected chi connectivity index (χ0v) is 11.3. The van der Waals surface area contributed by atoms with Gasteiger partial charge in [0.2, 0.25) is 0 Å². The fourth-order valence-corrected chi connectivity index (χ4v) is 2.09. The molecule has 1 unspecified atom stereocenters. The number of anilines is 1. The molecule has 0 bridgehead atoms. The van der Waals surface area contributed by atoms with Gasteiger partial charge in [-0.15, -0.1) is 0 Å². The maximum atomic E-state index is 9.31. The fraction of sp³-hybridized carbons (Fsp3) is 0.538. The van der Waals surface area contributed by atoms with Gasteiger partial charge in [-0.1, -0.05) is 6.07 Å². The lowest BCUT2D eigenvalue weighted by molar-refractivity contribution is 0.268. The lowest BCUT2D eigenvalue weighted by Gasteiger charge is -2.17. The smallest absolute Gasteiger partial charge is 0.120 e. The van der Waals surface area contributed by atoms with Crippen molar-refractivity contribution in [1.29, 1.82) is 0 Å². The Morgan fingerprint density at radius 1 is 1.47 bits per heavy atom. The minimum atomic E-state index is 0.120. The number of thioether (sulfide) groups is 1. The third-order valence-corrected chi connectivity index (χ3v) is 3.26. The van der Waals surface area contributed by atoms with Crippen LogP contribution in [0.5, 0.6) is 5.75 Å². The van der Waals surface area contributed by atoms with E-state index in [-0.39, 0.29) is 12.6 Å². The molecule has 1 rings (SSSR count). The Morgan fingerprint density at radius 3 is 2.94 bits per heavy atom. The number of benzene rings is 1. The van der Waals surface area contributed by atoms with Crippen molar-refractivity contribution in [2.45, 2.75) is 18.9 Å². The van der Waals surface area contributed by atoms with Gasteiger partial charge in [0.25, 0.3) is 0 Å². The van der Waals surface area contributed by atoms with Crippen LogP contribution >= 0.6 is 11.8 Å². The number of hydrogen-bond donors (Lipinski definition) is 2. The number of ether oxygens (including phenoxy) is 1. The van der Waals surface area contributed by atoms with Crippen LogP contribution in [0.1, 0.15) is 12.8 Å². The van der Waals surface area contributed by atoms with Crippen molar-refractivity contribution in [3.63, 3.8) is 0 Å². The van der Waals surface area contributed by atoms with Crippen LogP contribution in [0, 0.1) is 0 Å². The van der Waals surface area contributed by atoms with Crippen LogP contribution in [-0.4, -0.2) is 36.9 Å². The molecule has 0 heterocycles. The van der Waals surface area contributed by atoms with Crippen molar-refractivity contribution in [1.82, 2.24) is 0 Å². The zero-order chi connectivity index (χ0) is 12.5. The van der Waals surface area contributed by atoms with Crippen molar-refractivity contribution in [2.75, 3.05) is 31.0 Å². The second-order valence-electron chi connectivity index (χ2n) is 3.89. The first-order valence-corrected chi connectivity index (χ1v) is 7.20. The quantitative estimate of drug-likeness (QED) is 0.701. The number of aliphatic hydroxyl groups excluding tert-OH is 1. The zero-order valence-electron chi connectivity index (χ0n) is 10.5. The summed E-state index contributed by atoms with van der Waals surface area (Å²) in [5.41, 5.74) is 0.993. The average Bonchev–Trinajstić information content (AvgIpc) is 2.38. The molecule has 0 saturated carbocycles. The summed E-state index contributed by atoms with van der Waals surface area (Å²) >= 11 is 1.84. The second-order valence-corrected chi connectivity index (χ2v) is 4.88. The molecular weight excluding hydrogens is 234 g/mol. The van der Waals surface area contributed by atoms with Crippen LogP contribution in [0.15, 0.2) is 24.3 Å². The first-order valence-electron chi connectivity index (χ1n) is 5.80. The largest absolute Gasteiger partial charge is 0.497 e. The maximum absolute atomic E-state index is 9.31. The van der Waals surface area contributed by atoms with Gasteiger partial charge in [0, 0.05) is 17.8 Å². The Kier molecular flexibility index (Phi) is 6.89. The molecule has 0 radical (unpaired) electrons. The molecule has 1 aromatic carbocycles. The highest BCUT2D eigenvalue weighted by Crippen LogP contribution is 2.18. The lowest BCUT2D eigenvalue weighted by atomic mass is 10.1. The SMILES string of the molecule is COc1cccc(NC(CO)CCCSC)c1. The minimum absolute atomic E-state index is 0.120. The van der Waals surface area contributed by atoms with E-state index in [1.54, 1.807) is 7.11 Å². The van der Waals surface area contributed by atoms with Crippen LogP contribution in [0.25, 0.3) is 0 Å². The molecule has 0 aliphatic rings. The van der Waals surface area contributed by atoms with Crippen molar-refractivity contribution in [2.24, 2.45) is 0 Å². The third-order valence-electron chi connectivity index (χ3n) is 2.56. The van der Waals surface area contributed by atoms with Gasteiger partial charge in [-0.2, -0.15) is 11.8 Å². The molecule has 2 N–H and O–H groups in total. The maximum Gasteiger partial charge on any atom is 0.120 e. The summed E-state index contributed by atoms with van der Waals surface area (Å²) in [6.45, 7) is 0.158. The Bertz CT molecular complexity index is 320. The molecule has 4 heteroatoms. The summed E-state index contributed by atoms with van der Waals surface area (Å²) in [5, 5.41) is 12.6. The van der Waals surface area contributed by atoms with Crippen molar-refractivity contribution >= 4 is 17.4 Å². The van der Waals surface area contributed by atoms with Gasteiger partial charge in [0.05, 0.1) is 13.7 Å². The predicted molar refractivity (Wildman–Crippen MR) is 75.1 cm³/mol. The van der Waals surface area contributed by atoms with Crippen LogP contribution in [0.3, 0.4) is 0 Å². The van der Waals surface area contributed by atoms with E-state index in [2.05, 4.69) is 11.6 Å². The second kappa shape index (κ2) is 8.25. The predicted octanol–water partition coefficient (Wildman–Crippen LogP) is 2.61. The van der Waals surface area contributed by atoms with Gasteiger partial charge in [-0.3, -0.25) is 0 Å². The Balaban J connectivity index is 2.48. The van der Waals surface area contributed by atoms with E-state index in [0.29, 0.717) is 0 Å². The fourth-order valence-electron chi connectivity index (χ4n) is 1.63. The van der Waals surface area contributed by atoms with Gasteiger partial charge in [-0.05, 0) is 37.0 Å². The monoisotopic (exact) mass is 255 g/mol. The summed E-state index contributed by atoms with van der Waals surface area (Å²) in [5.74, 6) is 1.96. The van der Waals surface area contributed by atoms with E-state index < -0.39 is 0 Å². The topological polar surface area (TPSA) is 41.5 Å². The summed E-state index contributed by atoms with van der Waals surface area (Å²) in [7, 11) is 1.65. The van der Waals surface area contributed by atoms with Crippen molar-refractivity contribution < 1.29 is 9.84 Å². The first kappa shape index (κ1) is 14.2. The van der Waals surface area contributed by atoms with E-state index in [4.69, 9.17) is 4.74 Å². The highest BCUT2D eigenvalue weighted by molar-refractivity contribution is 7.98. The molecule has 1 atom stereocenters. The Morgan fingerprint density at radius 2 is 2.29 bits per heavy atom. The molecule has 0 aliphatic heterocycles. The summed E-state index contributed by atoms with van der Waals surface area (Å²) in [4.78, 5) is 0. The summed E-state index contributed by atoms with van der Waals surface area (Å²) < 4.78 is 5.16. The van der Waals surface area contributed by atoms with E-state index in [0.717, 1.165) is 30.0 Å². The van der Waals surface area contributed by atoms with Gasteiger partial charge in [0.15, 0.2) is 0 Å². The first-order chi connectivity index (χ1) is 8.30. The lowest BCUT2D eigenvalue weighted by Crippen LogP contribution is -2.23. The molecule has 0 spiro atoms. The molecule has 0 fully saturated rings. The van der Waals surface area contributed by atoms with Crippen LogP contribution in [0.4, 0.5) is 5.69 Å². The van der Waals surface area contributed by atoms with Crippen LogP contribution < -0.4 is 10.1 Å². The molecule has 3 nitrogen and oxygen atoms in total. The van der Waals surface area contributed by atoms with Crippen molar-refractivity contribution in [3.05, 3.63) is 24.3 Å². The standard InChI is InChI=1S/C13H21NO2S/c1-16-13-7-3-5-11(9-13)14-12(10-15)6-4-8-17-2/h3,5,7,9,12,14-15H,4,6,8,10H2,1-2H3. The molecule has 0 aliphatic carbocycles. The van der Waals surface area contributed by atoms with E-state index >= 15 is 0 Å². The third kappa shape index (κ3) is 5.33. The van der Waals surface area contributed by atoms with E-state index in [1.165, 1.54) is 0 Å². The number of aliphatic hydroxyl groups is 1. The number of hydrogen-bond acceptors (Lipinski definition) is 4. The Labute approximate surface area is 108 Å². The van der Waals surface area contributed by atoms with Gasteiger partial charge in [0.1, 0.15) is 5.75 Å². The molecule has 0 aromatic heterocycles. The summed E-state index contributed by atoms with van der Waals surface area (Å²) in [6, 6.07) is 7.90. The van der Waals surface area contributed by atoms with E-state index in [1.807, 2.05) is 36.0 Å².